The van der Waals surface area contributed by atoms with Crippen molar-refractivity contribution >= 4 is 44.7 Å². The first-order valence-electron chi connectivity index (χ1n) is 9.65. The van der Waals surface area contributed by atoms with E-state index in [9.17, 15) is 5.11 Å². The Morgan fingerprint density at radius 3 is 2.64 bits per heavy atom. The van der Waals surface area contributed by atoms with Crippen molar-refractivity contribution in [1.29, 1.82) is 0 Å². The highest BCUT2D eigenvalue weighted by Gasteiger charge is 2.20. The largest absolute Gasteiger partial charge is 0.398 e. The minimum absolute atomic E-state index is 0.0958. The molecule has 28 heavy (non-hydrogen) atoms. The monoisotopic (exact) mass is 416 g/mol. The van der Waals surface area contributed by atoms with Gasteiger partial charge in [-0.2, -0.15) is 4.37 Å². The number of hydrogen-bond donors (Lipinski definition) is 2. The minimum atomic E-state index is 0.0958. The Bertz CT molecular complexity index is 953. The lowest BCUT2D eigenvalue weighted by Crippen LogP contribution is -2.47. The summed E-state index contributed by atoms with van der Waals surface area (Å²) in [5.74, 6) is 1.12. The van der Waals surface area contributed by atoms with Crippen molar-refractivity contribution in [3.8, 4) is 0 Å². The van der Waals surface area contributed by atoms with Crippen LogP contribution in [-0.4, -0.2) is 53.7 Å². The fraction of sp³-hybridized carbons (Fsp3) is 0.381. The van der Waals surface area contributed by atoms with E-state index < -0.39 is 0 Å². The molecule has 148 valence electrons. The van der Waals surface area contributed by atoms with Gasteiger partial charge in [-0.1, -0.05) is 29.8 Å². The summed E-state index contributed by atoms with van der Waals surface area (Å²) in [6.07, 6.45) is 1.45. The Kier molecular flexibility index (Phi) is 6.01. The van der Waals surface area contributed by atoms with Crippen LogP contribution in [-0.2, 0) is 12.8 Å². The number of aliphatic hydroxyl groups excluding tert-OH is 1. The summed E-state index contributed by atoms with van der Waals surface area (Å²) in [5, 5.41) is 11.2. The first-order chi connectivity index (χ1) is 13.7. The van der Waals surface area contributed by atoms with Gasteiger partial charge in [0.05, 0.1) is 4.70 Å². The zero-order valence-corrected chi connectivity index (χ0v) is 17.3. The van der Waals surface area contributed by atoms with Gasteiger partial charge in [-0.3, -0.25) is 4.90 Å². The van der Waals surface area contributed by atoms with E-state index in [0.717, 1.165) is 56.1 Å². The molecule has 0 aliphatic carbocycles. The number of nitrogen functional groups attached to an aromatic ring is 1. The number of fused-ring (bicyclic) bond motifs is 1. The van der Waals surface area contributed by atoms with Crippen LogP contribution in [0, 0.1) is 0 Å². The molecule has 5 nitrogen and oxygen atoms in total. The lowest BCUT2D eigenvalue weighted by molar-refractivity contribution is 0.260. The predicted molar refractivity (Wildman–Crippen MR) is 119 cm³/mol. The van der Waals surface area contributed by atoms with Crippen LogP contribution in [0.5, 0.6) is 0 Å². The third-order valence-corrected chi connectivity index (χ3v) is 6.59. The summed E-state index contributed by atoms with van der Waals surface area (Å²) in [6, 6.07) is 12.3. The molecule has 2 heterocycles. The molecule has 0 saturated carbocycles. The SMILES string of the molecule is Nc1cc(Cl)c(CCN2CCN(c3nsc4ccccc34)CC2)cc1CCO. The Morgan fingerprint density at radius 1 is 1.07 bits per heavy atom. The average molecular weight is 417 g/mol. The topological polar surface area (TPSA) is 65.6 Å². The van der Waals surface area contributed by atoms with Crippen LogP contribution in [0.2, 0.25) is 5.02 Å². The van der Waals surface area contributed by atoms with Crippen molar-refractivity contribution < 1.29 is 5.11 Å². The summed E-state index contributed by atoms with van der Waals surface area (Å²) in [7, 11) is 0. The highest BCUT2D eigenvalue weighted by Crippen LogP contribution is 2.30. The van der Waals surface area contributed by atoms with Crippen LogP contribution in [0.1, 0.15) is 11.1 Å². The fourth-order valence-electron chi connectivity index (χ4n) is 3.78. The quantitative estimate of drug-likeness (QED) is 0.602. The van der Waals surface area contributed by atoms with Gasteiger partial charge in [0, 0.05) is 55.4 Å². The standard InChI is InChI=1S/C21H25ClN4OS/c22-18-14-19(23)16(6-12-27)13-15(18)5-7-25-8-10-26(11-9-25)21-17-3-1-2-4-20(17)28-24-21/h1-4,13-14,27H,5-12,23H2. The predicted octanol–water partition coefficient (Wildman–Crippen LogP) is 3.43. The first-order valence-corrected chi connectivity index (χ1v) is 10.8. The Morgan fingerprint density at radius 2 is 1.86 bits per heavy atom. The van der Waals surface area contributed by atoms with E-state index >= 15 is 0 Å². The van der Waals surface area contributed by atoms with Crippen molar-refractivity contribution in [1.82, 2.24) is 9.27 Å². The maximum atomic E-state index is 9.20. The number of benzene rings is 2. The number of nitrogens with two attached hydrogens (primary N) is 1. The molecule has 1 fully saturated rings. The fourth-order valence-corrected chi connectivity index (χ4v) is 4.84. The van der Waals surface area contributed by atoms with E-state index in [0.29, 0.717) is 17.1 Å². The average Bonchev–Trinajstić information content (AvgIpc) is 3.14. The Labute approximate surface area is 174 Å². The van der Waals surface area contributed by atoms with E-state index in [4.69, 9.17) is 17.3 Å². The highest BCUT2D eigenvalue weighted by atomic mass is 35.5. The van der Waals surface area contributed by atoms with E-state index in [1.165, 1.54) is 10.1 Å². The van der Waals surface area contributed by atoms with E-state index in [1.807, 2.05) is 12.1 Å². The van der Waals surface area contributed by atoms with Crippen molar-refractivity contribution in [2.75, 3.05) is 50.0 Å². The van der Waals surface area contributed by atoms with Gasteiger partial charge in [0.15, 0.2) is 0 Å². The van der Waals surface area contributed by atoms with Crippen molar-refractivity contribution in [2.45, 2.75) is 12.8 Å². The van der Waals surface area contributed by atoms with Crippen molar-refractivity contribution in [3.05, 3.63) is 52.5 Å². The zero-order valence-electron chi connectivity index (χ0n) is 15.8. The molecule has 7 heteroatoms. The second-order valence-electron chi connectivity index (χ2n) is 7.20. The Balaban J connectivity index is 1.36. The number of aliphatic hydroxyl groups is 1. The highest BCUT2D eigenvalue weighted by molar-refractivity contribution is 7.13. The van der Waals surface area contributed by atoms with Gasteiger partial charge in [-0.05, 0) is 53.7 Å². The number of aromatic nitrogens is 1. The zero-order chi connectivity index (χ0) is 19.5. The smallest absolute Gasteiger partial charge is 0.150 e. The number of anilines is 2. The van der Waals surface area contributed by atoms with Gasteiger partial charge in [0.2, 0.25) is 0 Å². The third kappa shape index (κ3) is 4.10. The summed E-state index contributed by atoms with van der Waals surface area (Å²) >= 11 is 7.97. The third-order valence-electron chi connectivity index (χ3n) is 5.42. The van der Waals surface area contributed by atoms with Gasteiger partial charge < -0.3 is 15.7 Å². The molecule has 1 aliphatic heterocycles. The number of halogens is 1. The maximum Gasteiger partial charge on any atom is 0.150 e. The maximum absolute atomic E-state index is 9.20. The molecule has 2 aromatic carbocycles. The summed E-state index contributed by atoms with van der Waals surface area (Å²) in [5.41, 5.74) is 8.74. The van der Waals surface area contributed by atoms with Gasteiger partial charge in [-0.25, -0.2) is 0 Å². The number of rotatable bonds is 6. The van der Waals surface area contributed by atoms with Crippen LogP contribution >= 0.6 is 23.1 Å². The molecule has 0 spiro atoms. The van der Waals surface area contributed by atoms with E-state index in [2.05, 4.69) is 38.4 Å². The molecule has 1 aromatic heterocycles. The summed E-state index contributed by atoms with van der Waals surface area (Å²) < 4.78 is 5.93. The first kappa shape index (κ1) is 19.5. The van der Waals surface area contributed by atoms with Crippen molar-refractivity contribution in [2.24, 2.45) is 0 Å². The number of hydrogen-bond acceptors (Lipinski definition) is 6. The van der Waals surface area contributed by atoms with E-state index in [1.54, 1.807) is 11.5 Å². The molecule has 3 N–H and O–H groups in total. The molecule has 1 aliphatic rings. The van der Waals surface area contributed by atoms with Crippen LogP contribution < -0.4 is 10.6 Å². The molecule has 0 unspecified atom stereocenters. The second-order valence-corrected chi connectivity index (χ2v) is 8.41. The molecule has 1 saturated heterocycles. The Hall–Kier alpha value is -1.86. The van der Waals surface area contributed by atoms with Crippen LogP contribution in [0.15, 0.2) is 36.4 Å². The molecule has 0 amide bonds. The molecule has 0 radical (unpaired) electrons. The van der Waals surface area contributed by atoms with Crippen molar-refractivity contribution in [3.63, 3.8) is 0 Å². The van der Waals surface area contributed by atoms with Crippen LogP contribution in [0.3, 0.4) is 0 Å². The van der Waals surface area contributed by atoms with Gasteiger partial charge in [0.25, 0.3) is 0 Å². The van der Waals surface area contributed by atoms with Crippen LogP contribution in [0.4, 0.5) is 11.5 Å². The van der Waals surface area contributed by atoms with Gasteiger partial charge >= 0.3 is 0 Å². The molecule has 4 rings (SSSR count). The summed E-state index contributed by atoms with van der Waals surface area (Å²) in [4.78, 5) is 4.87. The lowest BCUT2D eigenvalue weighted by Gasteiger charge is -2.35. The molecular formula is C21H25ClN4OS. The number of piperazine rings is 1. The van der Waals surface area contributed by atoms with Gasteiger partial charge in [-0.15, -0.1) is 0 Å². The molecular weight excluding hydrogens is 392 g/mol. The second kappa shape index (κ2) is 8.66. The van der Waals surface area contributed by atoms with Gasteiger partial charge in [0.1, 0.15) is 5.82 Å². The molecule has 0 atom stereocenters. The molecule has 3 aromatic rings. The normalized spacial score (nSPS) is 15.4. The van der Waals surface area contributed by atoms with E-state index in [-0.39, 0.29) is 6.61 Å². The minimum Gasteiger partial charge on any atom is -0.398 e. The number of nitrogens with zero attached hydrogens (tertiary/aromatic N) is 3. The lowest BCUT2D eigenvalue weighted by atomic mass is 10.0. The molecule has 0 bridgehead atoms. The van der Waals surface area contributed by atoms with Crippen LogP contribution in [0.25, 0.3) is 10.1 Å². The summed E-state index contributed by atoms with van der Waals surface area (Å²) in [6.45, 7) is 5.06.